The van der Waals surface area contributed by atoms with Gasteiger partial charge in [0.05, 0.1) is 12.0 Å². The Hall–Kier alpha value is -3.62. The van der Waals surface area contributed by atoms with Gasteiger partial charge in [-0.1, -0.05) is 17.7 Å². The molecule has 1 N–H and O–H groups in total. The van der Waals surface area contributed by atoms with Crippen LogP contribution in [0.3, 0.4) is 0 Å². The molecule has 0 saturated carbocycles. The van der Waals surface area contributed by atoms with E-state index in [1.54, 1.807) is 6.92 Å². The monoisotopic (exact) mass is 416 g/mol. The van der Waals surface area contributed by atoms with Gasteiger partial charge in [-0.3, -0.25) is 14.9 Å². The number of methoxy groups -OCH3 is 1. The summed E-state index contributed by atoms with van der Waals surface area (Å²) in [4.78, 5) is 34.5. The molecule has 0 radical (unpaired) electrons. The maximum atomic E-state index is 12.1. The Morgan fingerprint density at radius 2 is 1.63 bits per heavy atom. The van der Waals surface area contributed by atoms with Gasteiger partial charge >= 0.3 is 11.7 Å². The van der Waals surface area contributed by atoms with Gasteiger partial charge in [-0.15, -0.1) is 0 Å². The number of amides is 1. The highest BCUT2D eigenvalue weighted by molar-refractivity contribution is 5.94. The van der Waals surface area contributed by atoms with Crippen LogP contribution in [0.15, 0.2) is 24.3 Å². The summed E-state index contributed by atoms with van der Waals surface area (Å²) in [6.45, 7) is 6.49. The molecule has 0 aromatic heterocycles. The minimum atomic E-state index is -0.692. The van der Waals surface area contributed by atoms with Crippen molar-refractivity contribution in [1.29, 1.82) is 0 Å². The van der Waals surface area contributed by atoms with Crippen LogP contribution in [-0.4, -0.2) is 37.1 Å². The number of nitrogens with zero attached hydrogens (tertiary/aromatic N) is 1. The number of benzene rings is 2. The molecule has 0 bridgehead atoms. The van der Waals surface area contributed by atoms with Gasteiger partial charge in [0.1, 0.15) is 5.75 Å². The molecule has 0 aliphatic heterocycles. The summed E-state index contributed by atoms with van der Waals surface area (Å²) in [7, 11) is 1.29. The standard InChI is InChI=1S/C21H24N2O7/c1-12-6-14(3)21(15(4)7-12)30-11-20(25)29-10-19(24)22-16-9-18(28-5)17(23(26)27)8-13(16)2/h6-9H,10-11H2,1-5H3,(H,22,24). The average Bonchev–Trinajstić information content (AvgIpc) is 2.66. The fourth-order valence-corrected chi connectivity index (χ4v) is 3.01. The lowest BCUT2D eigenvalue weighted by Crippen LogP contribution is -2.24. The second-order valence-corrected chi connectivity index (χ2v) is 6.82. The molecule has 2 aromatic carbocycles. The molecule has 0 aliphatic carbocycles. The van der Waals surface area contributed by atoms with Gasteiger partial charge < -0.3 is 19.5 Å². The zero-order chi connectivity index (χ0) is 22.4. The summed E-state index contributed by atoms with van der Waals surface area (Å²) >= 11 is 0. The van der Waals surface area contributed by atoms with Gasteiger partial charge in [-0.05, 0) is 44.4 Å². The Morgan fingerprint density at radius 3 is 2.20 bits per heavy atom. The molecule has 0 heterocycles. The normalized spacial score (nSPS) is 10.3. The number of anilines is 1. The second-order valence-electron chi connectivity index (χ2n) is 6.82. The van der Waals surface area contributed by atoms with Crippen molar-refractivity contribution in [1.82, 2.24) is 0 Å². The molecule has 0 saturated heterocycles. The molecule has 9 heteroatoms. The number of nitrogens with one attached hydrogen (secondary N) is 1. The van der Waals surface area contributed by atoms with E-state index in [9.17, 15) is 19.7 Å². The van der Waals surface area contributed by atoms with E-state index < -0.39 is 23.4 Å². The topological polar surface area (TPSA) is 117 Å². The van der Waals surface area contributed by atoms with E-state index in [2.05, 4.69) is 5.32 Å². The first-order chi connectivity index (χ1) is 14.1. The van der Waals surface area contributed by atoms with E-state index in [1.807, 2.05) is 32.9 Å². The number of hydrogen-bond donors (Lipinski definition) is 1. The van der Waals surface area contributed by atoms with E-state index >= 15 is 0 Å². The Balaban J connectivity index is 1.92. The first kappa shape index (κ1) is 22.7. The van der Waals surface area contributed by atoms with Crippen LogP contribution in [0.4, 0.5) is 11.4 Å². The zero-order valence-electron chi connectivity index (χ0n) is 17.5. The van der Waals surface area contributed by atoms with Crippen LogP contribution >= 0.6 is 0 Å². The first-order valence-electron chi connectivity index (χ1n) is 9.11. The van der Waals surface area contributed by atoms with Gasteiger partial charge in [0, 0.05) is 17.8 Å². The van der Waals surface area contributed by atoms with Crippen molar-refractivity contribution in [3.63, 3.8) is 0 Å². The molecular formula is C21H24N2O7. The third-order valence-electron chi connectivity index (χ3n) is 4.30. The summed E-state index contributed by atoms with van der Waals surface area (Å²) in [5, 5.41) is 13.6. The lowest BCUT2D eigenvalue weighted by molar-refractivity contribution is -0.385. The van der Waals surface area contributed by atoms with Crippen LogP contribution < -0.4 is 14.8 Å². The van der Waals surface area contributed by atoms with Crippen LogP contribution in [0.2, 0.25) is 0 Å². The molecule has 0 spiro atoms. The predicted molar refractivity (Wildman–Crippen MR) is 110 cm³/mol. The number of hydrogen-bond acceptors (Lipinski definition) is 7. The predicted octanol–water partition coefficient (Wildman–Crippen LogP) is 3.40. The average molecular weight is 416 g/mol. The summed E-state index contributed by atoms with van der Waals surface area (Å²) < 4.78 is 15.5. The fourth-order valence-electron chi connectivity index (χ4n) is 3.01. The maximum Gasteiger partial charge on any atom is 0.344 e. The zero-order valence-corrected chi connectivity index (χ0v) is 17.5. The molecule has 0 fully saturated rings. The molecule has 160 valence electrons. The minimum Gasteiger partial charge on any atom is -0.490 e. The Bertz CT molecular complexity index is 963. The molecule has 9 nitrogen and oxygen atoms in total. The van der Waals surface area contributed by atoms with Crippen LogP contribution in [0.1, 0.15) is 22.3 Å². The summed E-state index contributed by atoms with van der Waals surface area (Å²) in [5.41, 5.74) is 3.48. The van der Waals surface area contributed by atoms with Gasteiger partial charge in [0.15, 0.2) is 19.0 Å². The number of rotatable bonds is 8. The van der Waals surface area contributed by atoms with Gasteiger partial charge in [-0.2, -0.15) is 0 Å². The second kappa shape index (κ2) is 9.73. The summed E-state index contributed by atoms with van der Waals surface area (Å²) in [6, 6.07) is 6.53. The van der Waals surface area contributed by atoms with Crippen molar-refractivity contribution in [2.45, 2.75) is 27.7 Å². The SMILES string of the molecule is COc1cc(NC(=O)COC(=O)COc2c(C)cc(C)cc2C)c(C)cc1[N+](=O)[O-]. The molecule has 0 unspecified atom stereocenters. The van der Waals surface area contributed by atoms with Crippen LogP contribution in [0.25, 0.3) is 0 Å². The highest BCUT2D eigenvalue weighted by Gasteiger charge is 2.19. The van der Waals surface area contributed by atoms with Crippen molar-refractivity contribution in [3.05, 3.63) is 56.6 Å². The highest BCUT2D eigenvalue weighted by Crippen LogP contribution is 2.32. The molecule has 2 rings (SSSR count). The van der Waals surface area contributed by atoms with Crippen molar-refractivity contribution >= 4 is 23.3 Å². The number of nitro groups is 1. The quantitative estimate of drug-likeness (QED) is 0.398. The van der Waals surface area contributed by atoms with Crippen molar-refractivity contribution < 1.29 is 28.7 Å². The Labute approximate surface area is 174 Å². The number of esters is 1. The Kier molecular flexibility index (Phi) is 7.35. The molecule has 30 heavy (non-hydrogen) atoms. The lowest BCUT2D eigenvalue weighted by atomic mass is 10.1. The summed E-state index contributed by atoms with van der Waals surface area (Å²) in [5.74, 6) is -0.668. The lowest BCUT2D eigenvalue weighted by Gasteiger charge is -2.13. The van der Waals surface area contributed by atoms with Gasteiger partial charge in [0.2, 0.25) is 0 Å². The van der Waals surface area contributed by atoms with E-state index in [0.717, 1.165) is 16.7 Å². The van der Waals surface area contributed by atoms with Crippen molar-refractivity contribution in [2.75, 3.05) is 25.6 Å². The van der Waals surface area contributed by atoms with Crippen LogP contribution in [-0.2, 0) is 14.3 Å². The fraction of sp³-hybridized carbons (Fsp3) is 0.333. The number of carbonyl (C=O) groups excluding carboxylic acids is 2. The third kappa shape index (κ3) is 5.69. The number of ether oxygens (including phenoxy) is 3. The first-order valence-corrected chi connectivity index (χ1v) is 9.11. The third-order valence-corrected chi connectivity index (χ3v) is 4.30. The van der Waals surface area contributed by atoms with Crippen molar-refractivity contribution in [2.24, 2.45) is 0 Å². The number of carbonyl (C=O) groups is 2. The van der Waals surface area contributed by atoms with Crippen LogP contribution in [0.5, 0.6) is 11.5 Å². The van der Waals surface area contributed by atoms with E-state index in [0.29, 0.717) is 17.0 Å². The summed E-state index contributed by atoms with van der Waals surface area (Å²) in [6.07, 6.45) is 0. The molecular weight excluding hydrogens is 392 g/mol. The molecule has 0 atom stereocenters. The maximum absolute atomic E-state index is 12.1. The van der Waals surface area contributed by atoms with E-state index in [4.69, 9.17) is 14.2 Å². The van der Waals surface area contributed by atoms with Crippen molar-refractivity contribution in [3.8, 4) is 11.5 Å². The van der Waals surface area contributed by atoms with Crippen LogP contribution in [0, 0.1) is 37.8 Å². The van der Waals surface area contributed by atoms with Gasteiger partial charge in [0.25, 0.3) is 5.91 Å². The van der Waals surface area contributed by atoms with E-state index in [-0.39, 0.29) is 18.0 Å². The molecule has 1 amide bonds. The van der Waals surface area contributed by atoms with Gasteiger partial charge in [-0.25, -0.2) is 4.79 Å². The Morgan fingerprint density at radius 1 is 1.00 bits per heavy atom. The largest absolute Gasteiger partial charge is 0.490 e. The highest BCUT2D eigenvalue weighted by atomic mass is 16.6. The molecule has 0 aliphatic rings. The minimum absolute atomic E-state index is 0.00938. The molecule has 2 aromatic rings. The smallest absolute Gasteiger partial charge is 0.344 e. The van der Waals surface area contributed by atoms with E-state index in [1.165, 1.54) is 19.2 Å². The number of nitro benzene ring substituents is 1. The number of aryl methyl sites for hydroxylation is 4.